The van der Waals surface area contributed by atoms with Crippen molar-refractivity contribution in [3.05, 3.63) is 89.7 Å². The lowest BCUT2D eigenvalue weighted by atomic mass is 9.98. The van der Waals surface area contributed by atoms with Gasteiger partial charge in [0.15, 0.2) is 0 Å². The highest BCUT2D eigenvalue weighted by Gasteiger charge is 2.30. The number of rotatable bonds is 9. The lowest BCUT2D eigenvalue weighted by Gasteiger charge is -2.21. The van der Waals surface area contributed by atoms with Crippen LogP contribution in [0.5, 0.6) is 0 Å². The summed E-state index contributed by atoms with van der Waals surface area (Å²) in [6.07, 6.45) is 2.16. The number of carbonyl (C=O) groups is 3. The molecule has 1 heterocycles. The van der Waals surface area contributed by atoms with Crippen molar-refractivity contribution in [1.29, 1.82) is 0 Å². The fraction of sp³-hybridized carbons (Fsp3) is 0.259. The third-order valence-corrected chi connectivity index (χ3v) is 6.14. The molecular weight excluding hydrogens is 446 g/mol. The molecule has 2 atom stereocenters. The number of nitrogens with one attached hydrogen (secondary N) is 2. The van der Waals surface area contributed by atoms with Crippen LogP contribution in [0.3, 0.4) is 0 Å². The number of amides is 2. The maximum absolute atomic E-state index is 12.9. The number of nitrogens with zero attached hydrogens (tertiary/aromatic N) is 1. The first-order chi connectivity index (χ1) is 16.9. The van der Waals surface area contributed by atoms with E-state index < -0.39 is 24.0 Å². The van der Waals surface area contributed by atoms with Gasteiger partial charge in [-0.1, -0.05) is 54.6 Å². The zero-order chi connectivity index (χ0) is 24.8. The molecule has 35 heavy (non-hydrogen) atoms. The van der Waals surface area contributed by atoms with Crippen LogP contribution in [0.15, 0.2) is 73.1 Å². The Hall–Kier alpha value is -4.20. The Morgan fingerprint density at radius 3 is 2.23 bits per heavy atom. The van der Waals surface area contributed by atoms with Crippen LogP contribution >= 0.6 is 0 Å². The molecule has 2 amide bonds. The Labute approximate surface area is 203 Å². The number of hydrogen-bond donors (Lipinski definition) is 3. The average Bonchev–Trinajstić information content (AvgIpc) is 3.19. The van der Waals surface area contributed by atoms with E-state index in [0.29, 0.717) is 0 Å². The second kappa shape index (κ2) is 10.8. The number of benzene rings is 2. The van der Waals surface area contributed by atoms with E-state index in [1.807, 2.05) is 54.6 Å². The number of carboxylic acids is 1. The smallest absolute Gasteiger partial charge is 0.407 e. The van der Waals surface area contributed by atoms with E-state index in [-0.39, 0.29) is 31.4 Å². The Kier molecular flexibility index (Phi) is 7.40. The average molecular weight is 474 g/mol. The topological polar surface area (TPSA) is 118 Å². The highest BCUT2D eigenvalue weighted by atomic mass is 16.5. The summed E-state index contributed by atoms with van der Waals surface area (Å²) in [5.74, 6) is -1.67. The Balaban J connectivity index is 1.41. The number of aromatic nitrogens is 1. The van der Waals surface area contributed by atoms with Crippen molar-refractivity contribution in [2.75, 3.05) is 6.61 Å². The van der Waals surface area contributed by atoms with E-state index in [9.17, 15) is 14.4 Å². The predicted octanol–water partition coefficient (Wildman–Crippen LogP) is 4.03. The van der Waals surface area contributed by atoms with E-state index in [1.54, 1.807) is 25.4 Å². The first-order valence-corrected chi connectivity index (χ1v) is 11.5. The van der Waals surface area contributed by atoms with Gasteiger partial charge in [-0.3, -0.25) is 14.6 Å². The summed E-state index contributed by atoms with van der Waals surface area (Å²) in [7, 11) is 0. The van der Waals surface area contributed by atoms with Gasteiger partial charge in [0.1, 0.15) is 12.6 Å². The van der Waals surface area contributed by atoms with E-state index in [1.165, 1.54) is 0 Å². The largest absolute Gasteiger partial charge is 0.481 e. The molecule has 0 fully saturated rings. The maximum Gasteiger partial charge on any atom is 0.407 e. The normalized spacial score (nSPS) is 13.7. The molecule has 0 radical (unpaired) electrons. The van der Waals surface area contributed by atoms with Gasteiger partial charge in [-0.2, -0.15) is 0 Å². The second-order valence-electron chi connectivity index (χ2n) is 8.47. The van der Waals surface area contributed by atoms with Gasteiger partial charge in [0.25, 0.3) is 0 Å². The molecular formula is C27H27N3O5. The van der Waals surface area contributed by atoms with Crippen LogP contribution in [0.2, 0.25) is 0 Å². The molecule has 0 saturated carbocycles. The van der Waals surface area contributed by atoms with Gasteiger partial charge in [-0.15, -0.1) is 0 Å². The molecule has 8 heteroatoms. The summed E-state index contributed by atoms with van der Waals surface area (Å²) in [5.41, 5.74) is 5.17. The fourth-order valence-electron chi connectivity index (χ4n) is 4.35. The number of carbonyl (C=O) groups excluding carboxylic acids is 2. The minimum absolute atomic E-state index is 0.0644. The van der Waals surface area contributed by atoms with Crippen LogP contribution < -0.4 is 10.6 Å². The van der Waals surface area contributed by atoms with E-state index in [0.717, 1.165) is 27.8 Å². The van der Waals surface area contributed by atoms with Gasteiger partial charge in [-0.05, 0) is 47.2 Å². The van der Waals surface area contributed by atoms with Gasteiger partial charge in [0.05, 0.1) is 6.04 Å². The van der Waals surface area contributed by atoms with Crippen molar-refractivity contribution in [1.82, 2.24) is 15.6 Å². The SMILES string of the molecule is C[C@H](NC(=O)C(CCC(=O)O)NC(=O)OCC1c2ccccc2-c2ccccc21)c1cccnc1. The monoisotopic (exact) mass is 473 g/mol. The number of pyridine rings is 1. The molecule has 8 nitrogen and oxygen atoms in total. The molecule has 180 valence electrons. The fourth-order valence-corrected chi connectivity index (χ4v) is 4.35. The minimum Gasteiger partial charge on any atom is -0.481 e. The number of alkyl carbamates (subject to hydrolysis) is 1. The van der Waals surface area contributed by atoms with Crippen LogP contribution in [0.4, 0.5) is 4.79 Å². The molecule has 1 unspecified atom stereocenters. The first kappa shape index (κ1) is 23.9. The summed E-state index contributed by atoms with van der Waals surface area (Å²) in [6.45, 7) is 1.88. The number of fused-ring (bicyclic) bond motifs is 3. The molecule has 2 aromatic carbocycles. The third-order valence-electron chi connectivity index (χ3n) is 6.14. The summed E-state index contributed by atoms with van der Waals surface area (Å²) >= 11 is 0. The van der Waals surface area contributed by atoms with Gasteiger partial charge < -0.3 is 20.5 Å². The molecule has 0 saturated heterocycles. The van der Waals surface area contributed by atoms with Crippen molar-refractivity contribution in [2.24, 2.45) is 0 Å². The zero-order valence-electron chi connectivity index (χ0n) is 19.3. The molecule has 3 N–H and O–H groups in total. The first-order valence-electron chi connectivity index (χ1n) is 11.5. The predicted molar refractivity (Wildman–Crippen MR) is 130 cm³/mol. The van der Waals surface area contributed by atoms with Crippen molar-refractivity contribution in [3.63, 3.8) is 0 Å². The summed E-state index contributed by atoms with van der Waals surface area (Å²) in [5, 5.41) is 14.4. The van der Waals surface area contributed by atoms with Crippen LogP contribution in [0.1, 0.15) is 48.4 Å². The van der Waals surface area contributed by atoms with Crippen molar-refractivity contribution < 1.29 is 24.2 Å². The minimum atomic E-state index is -1.06. The standard InChI is InChI=1S/C27H27N3O5/c1-17(18-7-6-14-28-15-18)29-26(33)24(12-13-25(31)32)30-27(34)35-16-23-21-10-4-2-8-19(21)20-9-3-5-11-22(20)23/h2-11,14-15,17,23-24H,12-13,16H2,1H3,(H,29,33)(H,30,34)(H,31,32)/t17-,24?/m0/s1. The second-order valence-corrected chi connectivity index (χ2v) is 8.47. The van der Waals surface area contributed by atoms with Gasteiger partial charge in [0, 0.05) is 24.7 Å². The molecule has 1 aromatic heterocycles. The zero-order valence-corrected chi connectivity index (χ0v) is 19.3. The molecule has 1 aliphatic rings. The highest BCUT2D eigenvalue weighted by Crippen LogP contribution is 2.44. The number of ether oxygens (including phenoxy) is 1. The molecule has 0 spiro atoms. The Bertz CT molecular complexity index is 1170. The number of hydrogen-bond acceptors (Lipinski definition) is 5. The number of aliphatic carboxylic acids is 1. The van der Waals surface area contributed by atoms with Crippen molar-refractivity contribution in [3.8, 4) is 11.1 Å². The third kappa shape index (κ3) is 5.66. The van der Waals surface area contributed by atoms with Crippen molar-refractivity contribution >= 4 is 18.0 Å². The lowest BCUT2D eigenvalue weighted by molar-refractivity contribution is -0.137. The van der Waals surface area contributed by atoms with Gasteiger partial charge in [0.2, 0.25) is 5.91 Å². The van der Waals surface area contributed by atoms with Gasteiger partial charge in [-0.25, -0.2) is 4.79 Å². The highest BCUT2D eigenvalue weighted by molar-refractivity contribution is 5.86. The lowest BCUT2D eigenvalue weighted by Crippen LogP contribution is -2.47. The molecule has 0 bridgehead atoms. The van der Waals surface area contributed by atoms with Crippen LogP contribution in [0.25, 0.3) is 11.1 Å². The van der Waals surface area contributed by atoms with E-state index in [2.05, 4.69) is 15.6 Å². The van der Waals surface area contributed by atoms with Crippen LogP contribution in [-0.2, 0) is 14.3 Å². The summed E-state index contributed by atoms with van der Waals surface area (Å²) in [4.78, 5) is 40.7. The Morgan fingerprint density at radius 1 is 0.971 bits per heavy atom. The molecule has 4 rings (SSSR count). The summed E-state index contributed by atoms with van der Waals surface area (Å²) < 4.78 is 5.53. The maximum atomic E-state index is 12.9. The summed E-state index contributed by atoms with van der Waals surface area (Å²) in [6, 6.07) is 18.1. The van der Waals surface area contributed by atoms with Crippen molar-refractivity contribution in [2.45, 2.75) is 37.8 Å². The van der Waals surface area contributed by atoms with E-state index >= 15 is 0 Å². The van der Waals surface area contributed by atoms with Gasteiger partial charge >= 0.3 is 12.1 Å². The molecule has 3 aromatic rings. The number of carboxylic acid groups (broad SMARTS) is 1. The quantitative estimate of drug-likeness (QED) is 0.432. The van der Waals surface area contributed by atoms with E-state index in [4.69, 9.17) is 9.84 Å². The van der Waals surface area contributed by atoms with Crippen LogP contribution in [-0.4, -0.2) is 40.7 Å². The molecule has 0 aliphatic heterocycles. The molecule has 1 aliphatic carbocycles. The van der Waals surface area contributed by atoms with Crippen LogP contribution in [0, 0.1) is 0 Å². The Morgan fingerprint density at radius 2 is 1.63 bits per heavy atom.